The van der Waals surface area contributed by atoms with Gasteiger partial charge in [-0.05, 0) is 0 Å². The Morgan fingerprint density at radius 1 is 0.625 bits per heavy atom. The largest absolute Gasteiger partial charge is 0.445 e. The highest BCUT2D eigenvalue weighted by atomic mass is 19.4. The van der Waals surface area contributed by atoms with Gasteiger partial charge in [0.05, 0.1) is 0 Å². The predicted molar refractivity (Wildman–Crippen MR) is 27.9 cm³/mol. The minimum atomic E-state index is -6.19. The third kappa shape index (κ3) is 4.41. The second-order valence-corrected chi connectivity index (χ2v) is 2.46. The van der Waals surface area contributed by atoms with Crippen LogP contribution >= 0.6 is 0 Å². The molecule has 0 rings (SSSR count). The lowest BCUT2D eigenvalue weighted by molar-refractivity contribution is -0.372. The van der Waals surface area contributed by atoms with Crippen molar-refractivity contribution in [3.8, 4) is 0 Å². The van der Waals surface area contributed by atoms with Crippen molar-refractivity contribution < 1.29 is 48.6 Å². The van der Waals surface area contributed by atoms with E-state index in [-0.39, 0.29) is 0 Å². The molecule has 0 aliphatic heterocycles. The summed E-state index contributed by atoms with van der Waals surface area (Å²) in [6.45, 7) is 0. The van der Waals surface area contributed by atoms with Crippen molar-refractivity contribution in [3.05, 3.63) is 0 Å². The average Bonchev–Trinajstić information content (AvgIpc) is 1.92. The molecule has 11 heteroatoms. The lowest BCUT2D eigenvalue weighted by atomic mass is 10.3. The zero-order valence-electron chi connectivity index (χ0n) is 6.84. The van der Waals surface area contributed by atoms with Crippen molar-refractivity contribution in [1.82, 2.24) is 0 Å². The molecule has 0 saturated heterocycles. The van der Waals surface area contributed by atoms with Crippen molar-refractivity contribution in [2.24, 2.45) is 0 Å². The van der Waals surface area contributed by atoms with Gasteiger partial charge in [-0.25, -0.2) is 4.39 Å². The zero-order chi connectivity index (χ0) is 13.4. The van der Waals surface area contributed by atoms with Crippen molar-refractivity contribution in [2.75, 3.05) is 0 Å². The van der Waals surface area contributed by atoms with Crippen LogP contribution < -0.4 is 0 Å². The predicted octanol–water partition coefficient (Wildman–Crippen LogP) is 3.35. The van der Waals surface area contributed by atoms with Crippen LogP contribution in [-0.2, 0) is 4.74 Å². The molecule has 0 aromatic rings. The van der Waals surface area contributed by atoms with Gasteiger partial charge in [0.1, 0.15) is 0 Å². The fourth-order valence-corrected chi connectivity index (χ4v) is 0.537. The molecule has 16 heavy (non-hydrogen) atoms. The summed E-state index contributed by atoms with van der Waals surface area (Å²) >= 11 is 0. The van der Waals surface area contributed by atoms with Gasteiger partial charge in [-0.15, -0.1) is 0 Å². The molecule has 0 N–H and O–H groups in total. The number of rotatable bonds is 2. The van der Waals surface area contributed by atoms with Gasteiger partial charge >= 0.3 is 18.5 Å². The Labute approximate surface area is 81.0 Å². The molecule has 0 spiro atoms. The lowest BCUT2D eigenvalue weighted by Gasteiger charge is -2.25. The molecule has 0 amide bonds. The van der Waals surface area contributed by atoms with E-state index in [9.17, 15) is 43.9 Å². The van der Waals surface area contributed by atoms with Crippen LogP contribution in [-0.4, -0.2) is 31.0 Å². The molecule has 0 aromatic carbocycles. The highest BCUT2D eigenvalue weighted by Gasteiger charge is 2.61. The monoisotopic (exact) mass is 268 g/mol. The number of hydrogen-bond donors (Lipinski definition) is 0. The third-order valence-corrected chi connectivity index (χ3v) is 1.11. The second kappa shape index (κ2) is 4.26. The first-order chi connectivity index (χ1) is 6.76. The average molecular weight is 268 g/mol. The lowest BCUT2D eigenvalue weighted by Crippen LogP contribution is -2.48. The maximum Gasteiger partial charge on any atom is 0.445 e. The SMILES string of the molecule is FC(OC(C(F)(F)F)C(F)(F)F)C(F)(F)F. The molecule has 0 saturated carbocycles. The molecule has 98 valence electrons. The Morgan fingerprint density at radius 3 is 1.12 bits per heavy atom. The zero-order valence-corrected chi connectivity index (χ0v) is 6.84. The van der Waals surface area contributed by atoms with Gasteiger partial charge in [-0.3, -0.25) is 0 Å². The van der Waals surface area contributed by atoms with Gasteiger partial charge < -0.3 is 4.74 Å². The number of hydrogen-bond acceptors (Lipinski definition) is 1. The van der Waals surface area contributed by atoms with Crippen LogP contribution in [0.4, 0.5) is 43.9 Å². The van der Waals surface area contributed by atoms with Crippen molar-refractivity contribution in [1.29, 1.82) is 0 Å². The van der Waals surface area contributed by atoms with Gasteiger partial charge in [0, 0.05) is 0 Å². The van der Waals surface area contributed by atoms with Crippen LogP contribution in [0.3, 0.4) is 0 Å². The highest BCUT2D eigenvalue weighted by Crippen LogP contribution is 2.38. The molecule has 0 bridgehead atoms. The Balaban J connectivity index is 4.85. The maximum atomic E-state index is 11.9. The normalized spacial score (nSPS) is 16.7. The Kier molecular flexibility index (Phi) is 4.06. The van der Waals surface area contributed by atoms with E-state index in [1.165, 1.54) is 0 Å². The Morgan fingerprint density at radius 2 is 0.938 bits per heavy atom. The molecule has 0 heterocycles. The van der Waals surface area contributed by atoms with E-state index in [1.807, 2.05) is 0 Å². The summed E-state index contributed by atoms with van der Waals surface area (Å²) in [6.07, 6.45) is -27.8. The van der Waals surface area contributed by atoms with Crippen LogP contribution in [0.2, 0.25) is 0 Å². The Bertz CT molecular complexity index is 209. The topological polar surface area (TPSA) is 9.23 Å². The fraction of sp³-hybridized carbons (Fsp3) is 1.00. The van der Waals surface area contributed by atoms with Crippen molar-refractivity contribution >= 4 is 0 Å². The van der Waals surface area contributed by atoms with Gasteiger partial charge in [-0.2, -0.15) is 39.5 Å². The van der Waals surface area contributed by atoms with Crippen LogP contribution in [0.15, 0.2) is 0 Å². The molecule has 1 unspecified atom stereocenters. The fourth-order valence-electron chi connectivity index (χ4n) is 0.537. The first-order valence-electron chi connectivity index (χ1n) is 3.26. The second-order valence-electron chi connectivity index (χ2n) is 2.46. The van der Waals surface area contributed by atoms with E-state index < -0.39 is 31.0 Å². The van der Waals surface area contributed by atoms with Gasteiger partial charge in [-0.1, -0.05) is 0 Å². The van der Waals surface area contributed by atoms with E-state index in [0.717, 1.165) is 0 Å². The highest BCUT2D eigenvalue weighted by molar-refractivity contribution is 4.77. The quantitative estimate of drug-likeness (QED) is 0.698. The molecule has 0 aliphatic rings. The van der Waals surface area contributed by atoms with E-state index in [1.54, 1.807) is 0 Å². The standard InChI is InChI=1S/C5H2F10O/c6-2(5(13,14)15)16-1(3(7,8)9)4(10,11)12/h1-2H. The molecular formula is C5H2F10O. The smallest absolute Gasteiger partial charge is 0.319 e. The van der Waals surface area contributed by atoms with Crippen LogP contribution in [0.1, 0.15) is 0 Å². The maximum absolute atomic E-state index is 11.9. The molecule has 0 radical (unpaired) electrons. The Hall–Kier alpha value is -0.740. The van der Waals surface area contributed by atoms with E-state index in [0.29, 0.717) is 0 Å². The molecule has 0 aliphatic carbocycles. The van der Waals surface area contributed by atoms with Crippen LogP contribution in [0.5, 0.6) is 0 Å². The van der Waals surface area contributed by atoms with Crippen molar-refractivity contribution in [3.63, 3.8) is 0 Å². The molecule has 0 fully saturated rings. The molecule has 0 aromatic heterocycles. The third-order valence-electron chi connectivity index (χ3n) is 1.11. The summed E-state index contributed by atoms with van der Waals surface area (Å²) in [5.74, 6) is 0. The summed E-state index contributed by atoms with van der Waals surface area (Å²) in [5.41, 5.74) is 0. The summed E-state index contributed by atoms with van der Waals surface area (Å²) in [5, 5.41) is 0. The summed E-state index contributed by atoms with van der Waals surface area (Å²) in [7, 11) is 0. The van der Waals surface area contributed by atoms with Crippen molar-refractivity contribution in [2.45, 2.75) is 31.0 Å². The minimum Gasteiger partial charge on any atom is -0.319 e. The molecule has 1 atom stereocenters. The van der Waals surface area contributed by atoms with Gasteiger partial charge in [0.2, 0.25) is 0 Å². The first kappa shape index (κ1) is 15.3. The van der Waals surface area contributed by atoms with Gasteiger partial charge in [0.15, 0.2) is 0 Å². The number of alkyl halides is 10. The number of halogens is 10. The first-order valence-corrected chi connectivity index (χ1v) is 3.26. The summed E-state index contributed by atoms with van der Waals surface area (Å²) < 4.78 is 118. The van der Waals surface area contributed by atoms with E-state index in [4.69, 9.17) is 0 Å². The molecular weight excluding hydrogens is 266 g/mol. The van der Waals surface area contributed by atoms with Crippen LogP contribution in [0.25, 0.3) is 0 Å². The van der Waals surface area contributed by atoms with E-state index in [2.05, 4.69) is 4.74 Å². The van der Waals surface area contributed by atoms with Crippen LogP contribution in [0, 0.1) is 0 Å². The molecule has 1 nitrogen and oxygen atoms in total. The minimum absolute atomic E-state index is 2.30. The number of ether oxygens (including phenoxy) is 1. The van der Waals surface area contributed by atoms with E-state index >= 15 is 0 Å². The van der Waals surface area contributed by atoms with Gasteiger partial charge in [0.25, 0.3) is 12.5 Å². The summed E-state index contributed by atoms with van der Waals surface area (Å²) in [6, 6.07) is 0. The summed E-state index contributed by atoms with van der Waals surface area (Å²) in [4.78, 5) is 0.